The summed E-state index contributed by atoms with van der Waals surface area (Å²) in [6.45, 7) is 7.82. The van der Waals surface area contributed by atoms with Crippen LogP contribution in [-0.4, -0.2) is 48.3 Å². The lowest BCUT2D eigenvalue weighted by Crippen LogP contribution is -2.46. The number of hydrogen-bond acceptors (Lipinski definition) is 5. The van der Waals surface area contributed by atoms with E-state index in [-0.39, 0.29) is 18.8 Å². The van der Waals surface area contributed by atoms with E-state index in [4.69, 9.17) is 9.47 Å². The van der Waals surface area contributed by atoms with Crippen LogP contribution in [0.3, 0.4) is 0 Å². The zero-order valence-corrected chi connectivity index (χ0v) is 19.5. The Morgan fingerprint density at radius 2 is 1.94 bits per heavy atom. The highest BCUT2D eigenvalue weighted by molar-refractivity contribution is 7.89. The van der Waals surface area contributed by atoms with Crippen molar-refractivity contribution in [3.05, 3.63) is 47.3 Å². The fraction of sp³-hybridized carbons (Fsp3) is 0.609. The Hall–Kier alpha value is -1.74. The molecule has 2 heterocycles. The summed E-state index contributed by atoms with van der Waals surface area (Å²) in [6.07, 6.45) is 5.63. The first-order chi connectivity index (χ1) is 14.9. The topological polar surface area (TPSA) is 73.7 Å². The maximum Gasteiger partial charge on any atom is 0.243 e. The van der Waals surface area contributed by atoms with Crippen molar-refractivity contribution in [2.45, 2.75) is 76.2 Å². The zero-order chi connectivity index (χ0) is 22.0. The van der Waals surface area contributed by atoms with Crippen molar-refractivity contribution in [2.24, 2.45) is 0 Å². The number of aryl methyl sites for hydroxylation is 1. The SMILES string of the molecule is CCCCOCc1c([C@H]2CN(S(=O)(=O)c3ccc(C)cc3)C[C@@H](C)O2)cnn1C1CC1. The first-order valence-corrected chi connectivity index (χ1v) is 12.7. The van der Waals surface area contributed by atoms with Crippen LogP contribution >= 0.6 is 0 Å². The summed E-state index contributed by atoms with van der Waals surface area (Å²) in [5.41, 5.74) is 3.00. The molecule has 170 valence electrons. The van der Waals surface area contributed by atoms with E-state index < -0.39 is 10.0 Å². The summed E-state index contributed by atoms with van der Waals surface area (Å²) in [5.74, 6) is 0. The van der Waals surface area contributed by atoms with Gasteiger partial charge in [-0.3, -0.25) is 4.68 Å². The molecule has 1 saturated carbocycles. The molecule has 1 aromatic carbocycles. The molecule has 2 aromatic rings. The first-order valence-electron chi connectivity index (χ1n) is 11.3. The number of morpholine rings is 1. The minimum Gasteiger partial charge on any atom is -0.375 e. The van der Waals surface area contributed by atoms with E-state index in [1.165, 1.54) is 0 Å². The van der Waals surface area contributed by atoms with Crippen molar-refractivity contribution in [1.82, 2.24) is 14.1 Å². The summed E-state index contributed by atoms with van der Waals surface area (Å²) in [5, 5.41) is 4.62. The van der Waals surface area contributed by atoms with Gasteiger partial charge >= 0.3 is 0 Å². The summed E-state index contributed by atoms with van der Waals surface area (Å²) < 4.78 is 42.3. The molecule has 0 unspecified atom stereocenters. The molecule has 1 saturated heterocycles. The molecule has 4 rings (SSSR count). The lowest BCUT2D eigenvalue weighted by molar-refractivity contribution is -0.0567. The molecular formula is C23H33N3O4S. The predicted octanol–water partition coefficient (Wildman–Crippen LogP) is 3.99. The van der Waals surface area contributed by atoms with Crippen LogP contribution < -0.4 is 0 Å². The second-order valence-corrected chi connectivity index (χ2v) is 10.6. The van der Waals surface area contributed by atoms with Crippen molar-refractivity contribution >= 4 is 10.0 Å². The van der Waals surface area contributed by atoms with Gasteiger partial charge in [0, 0.05) is 25.3 Å². The van der Waals surface area contributed by atoms with E-state index in [9.17, 15) is 8.42 Å². The number of aromatic nitrogens is 2. The Labute approximate surface area is 185 Å². The molecule has 0 N–H and O–H groups in total. The van der Waals surface area contributed by atoms with Crippen molar-refractivity contribution < 1.29 is 17.9 Å². The van der Waals surface area contributed by atoms with E-state index in [2.05, 4.69) is 16.7 Å². The molecule has 0 amide bonds. The highest BCUT2D eigenvalue weighted by atomic mass is 32.2. The van der Waals surface area contributed by atoms with E-state index in [0.717, 1.165) is 42.5 Å². The highest BCUT2D eigenvalue weighted by Crippen LogP contribution is 2.38. The fourth-order valence-corrected chi connectivity index (χ4v) is 5.52. The van der Waals surface area contributed by atoms with Crippen LogP contribution in [0.1, 0.15) is 68.5 Å². The maximum atomic E-state index is 13.3. The Morgan fingerprint density at radius 3 is 2.61 bits per heavy atom. The molecular weight excluding hydrogens is 414 g/mol. The lowest BCUT2D eigenvalue weighted by atomic mass is 10.1. The zero-order valence-electron chi connectivity index (χ0n) is 18.7. The molecule has 2 atom stereocenters. The number of benzene rings is 1. The van der Waals surface area contributed by atoms with Crippen molar-refractivity contribution in [3.63, 3.8) is 0 Å². The van der Waals surface area contributed by atoms with Gasteiger partial charge in [-0.05, 0) is 45.2 Å². The van der Waals surface area contributed by atoms with Crippen molar-refractivity contribution in [2.75, 3.05) is 19.7 Å². The minimum absolute atomic E-state index is 0.211. The molecule has 0 bridgehead atoms. The largest absolute Gasteiger partial charge is 0.375 e. The second-order valence-electron chi connectivity index (χ2n) is 8.70. The number of sulfonamides is 1. The van der Waals surface area contributed by atoms with Crippen LogP contribution in [-0.2, 0) is 26.1 Å². The Bertz CT molecular complexity index is 983. The van der Waals surface area contributed by atoms with Gasteiger partial charge in [0.05, 0.1) is 35.5 Å². The van der Waals surface area contributed by atoms with Crippen LogP contribution in [0.25, 0.3) is 0 Å². The lowest BCUT2D eigenvalue weighted by Gasteiger charge is -2.36. The molecule has 8 heteroatoms. The molecule has 31 heavy (non-hydrogen) atoms. The molecule has 1 aliphatic heterocycles. The van der Waals surface area contributed by atoms with Crippen LogP contribution in [0.2, 0.25) is 0 Å². The third-order valence-corrected chi connectivity index (χ3v) is 7.78. The van der Waals surface area contributed by atoms with Crippen molar-refractivity contribution in [1.29, 1.82) is 0 Å². The predicted molar refractivity (Wildman–Crippen MR) is 118 cm³/mol. The average Bonchev–Trinajstić information content (AvgIpc) is 3.50. The van der Waals surface area contributed by atoms with Gasteiger partial charge in [0.25, 0.3) is 0 Å². The molecule has 2 aliphatic rings. The number of nitrogens with zero attached hydrogens (tertiary/aromatic N) is 3. The van der Waals surface area contributed by atoms with Gasteiger partial charge in [0.2, 0.25) is 10.0 Å². The number of unbranched alkanes of at least 4 members (excludes halogenated alkanes) is 1. The van der Waals surface area contributed by atoms with Crippen molar-refractivity contribution in [3.8, 4) is 0 Å². The number of hydrogen-bond donors (Lipinski definition) is 0. The monoisotopic (exact) mass is 447 g/mol. The summed E-state index contributed by atoms with van der Waals surface area (Å²) in [7, 11) is -3.59. The minimum atomic E-state index is -3.59. The fourth-order valence-electron chi connectivity index (χ4n) is 4.01. The smallest absolute Gasteiger partial charge is 0.243 e. The van der Waals surface area contributed by atoms with E-state index >= 15 is 0 Å². The molecule has 0 radical (unpaired) electrons. The quantitative estimate of drug-likeness (QED) is 0.544. The highest BCUT2D eigenvalue weighted by Gasteiger charge is 2.37. The molecule has 2 fully saturated rings. The maximum absolute atomic E-state index is 13.3. The second kappa shape index (κ2) is 9.40. The normalized spacial score (nSPS) is 22.7. The van der Waals surface area contributed by atoms with Gasteiger partial charge in [-0.1, -0.05) is 31.0 Å². The standard InChI is InChI=1S/C23H33N3O4S/c1-4-5-12-29-16-22-21(13-24-26(22)19-8-9-19)23-15-25(14-18(3)30-23)31(27,28)20-10-6-17(2)7-11-20/h6-7,10-11,13,18-19,23H,4-5,8-9,12,14-16H2,1-3H3/t18-,23-/m1/s1. The summed E-state index contributed by atoms with van der Waals surface area (Å²) >= 11 is 0. The summed E-state index contributed by atoms with van der Waals surface area (Å²) in [6, 6.07) is 7.45. The van der Waals surface area contributed by atoms with E-state index in [1.54, 1.807) is 16.4 Å². The Kier molecular flexibility index (Phi) is 6.81. The van der Waals surface area contributed by atoms with Gasteiger partial charge in [-0.2, -0.15) is 9.40 Å². The van der Waals surface area contributed by atoms with Gasteiger partial charge in [0.15, 0.2) is 0 Å². The number of ether oxygens (including phenoxy) is 2. The molecule has 1 aromatic heterocycles. The Balaban J connectivity index is 1.57. The van der Waals surface area contributed by atoms with Gasteiger partial charge < -0.3 is 9.47 Å². The average molecular weight is 448 g/mol. The van der Waals surface area contributed by atoms with Gasteiger partial charge in [-0.25, -0.2) is 8.42 Å². The third kappa shape index (κ3) is 5.03. The summed E-state index contributed by atoms with van der Waals surface area (Å²) in [4.78, 5) is 0.322. The Morgan fingerprint density at radius 1 is 1.19 bits per heavy atom. The third-order valence-electron chi connectivity index (χ3n) is 5.94. The first kappa shape index (κ1) is 22.5. The van der Waals surface area contributed by atoms with Gasteiger partial charge in [0.1, 0.15) is 6.10 Å². The number of rotatable bonds is 9. The van der Waals surface area contributed by atoms with Crippen LogP contribution in [0.4, 0.5) is 0 Å². The molecule has 7 nitrogen and oxygen atoms in total. The molecule has 0 spiro atoms. The van der Waals surface area contributed by atoms with Crippen LogP contribution in [0.5, 0.6) is 0 Å². The van der Waals surface area contributed by atoms with Crippen LogP contribution in [0.15, 0.2) is 35.4 Å². The van der Waals surface area contributed by atoms with E-state index in [0.29, 0.717) is 30.7 Å². The van der Waals surface area contributed by atoms with Gasteiger partial charge in [-0.15, -0.1) is 0 Å². The van der Waals surface area contributed by atoms with Crippen LogP contribution in [0, 0.1) is 6.92 Å². The van der Waals surface area contributed by atoms with E-state index in [1.807, 2.05) is 32.2 Å². The molecule has 1 aliphatic carbocycles.